The first-order chi connectivity index (χ1) is 13.7. The Morgan fingerprint density at radius 2 is 2.11 bits per heavy atom. The Balaban J connectivity index is 1.47. The smallest absolute Gasteiger partial charge is 0.255 e. The number of amides is 1. The molecule has 28 heavy (non-hydrogen) atoms. The third-order valence-electron chi connectivity index (χ3n) is 5.46. The molecule has 3 heterocycles. The number of pyridine rings is 1. The van der Waals surface area contributed by atoms with Crippen LogP contribution >= 0.6 is 0 Å². The van der Waals surface area contributed by atoms with Crippen LogP contribution in [0.1, 0.15) is 41.6 Å². The number of rotatable bonds is 5. The first-order valence-corrected chi connectivity index (χ1v) is 10.0. The molecule has 1 aliphatic heterocycles. The summed E-state index contributed by atoms with van der Waals surface area (Å²) < 4.78 is 1.94. The predicted molar refractivity (Wildman–Crippen MR) is 110 cm³/mol. The fourth-order valence-electron chi connectivity index (χ4n) is 3.94. The van der Waals surface area contributed by atoms with Crippen molar-refractivity contribution in [1.29, 1.82) is 0 Å². The van der Waals surface area contributed by atoms with Crippen molar-refractivity contribution in [2.24, 2.45) is 0 Å². The van der Waals surface area contributed by atoms with E-state index in [9.17, 15) is 4.79 Å². The largest absolute Gasteiger partial charge is 0.336 e. The molecule has 0 unspecified atom stereocenters. The number of benzene rings is 1. The number of nitrogens with zero attached hydrogens (tertiary/aromatic N) is 4. The van der Waals surface area contributed by atoms with E-state index in [1.807, 2.05) is 46.1 Å². The second-order valence-corrected chi connectivity index (χ2v) is 7.51. The number of aromatic nitrogens is 3. The van der Waals surface area contributed by atoms with Crippen molar-refractivity contribution < 1.29 is 4.79 Å². The van der Waals surface area contributed by atoms with Gasteiger partial charge in [0.2, 0.25) is 0 Å². The van der Waals surface area contributed by atoms with Crippen molar-refractivity contribution in [2.75, 3.05) is 6.54 Å². The summed E-state index contributed by atoms with van der Waals surface area (Å²) >= 11 is 0. The second kappa shape index (κ2) is 8.38. The van der Waals surface area contributed by atoms with Gasteiger partial charge in [0.1, 0.15) is 0 Å². The zero-order valence-electron chi connectivity index (χ0n) is 16.3. The number of aryl methyl sites for hydroxylation is 2. The maximum absolute atomic E-state index is 13.1. The molecule has 0 N–H and O–H groups in total. The number of carbonyl (C=O) groups is 1. The summed E-state index contributed by atoms with van der Waals surface area (Å²) in [5, 5.41) is 4.28. The number of piperidine rings is 1. The molecule has 1 fully saturated rings. The first kappa shape index (κ1) is 18.4. The summed E-state index contributed by atoms with van der Waals surface area (Å²) in [7, 11) is 0. The highest BCUT2D eigenvalue weighted by molar-refractivity contribution is 5.94. The fraction of sp³-hybridized carbons (Fsp3) is 0.348. The molecule has 0 radical (unpaired) electrons. The molecule has 144 valence electrons. The highest BCUT2D eigenvalue weighted by atomic mass is 16.2. The Kier molecular flexibility index (Phi) is 5.51. The molecule has 0 spiro atoms. The molecule has 0 bridgehead atoms. The van der Waals surface area contributed by atoms with Gasteiger partial charge >= 0.3 is 0 Å². The van der Waals surface area contributed by atoms with E-state index in [1.54, 1.807) is 12.4 Å². The lowest BCUT2D eigenvalue weighted by Gasteiger charge is -2.36. The van der Waals surface area contributed by atoms with Crippen LogP contribution in [0.3, 0.4) is 0 Å². The van der Waals surface area contributed by atoms with E-state index < -0.39 is 0 Å². The maximum atomic E-state index is 13.1. The number of hydrogen-bond acceptors (Lipinski definition) is 3. The Morgan fingerprint density at radius 3 is 2.86 bits per heavy atom. The average molecular weight is 374 g/mol. The minimum atomic E-state index is 0.0912. The molecule has 1 saturated heterocycles. The van der Waals surface area contributed by atoms with Crippen LogP contribution in [0.15, 0.2) is 61.1 Å². The molecule has 1 aromatic carbocycles. The third kappa shape index (κ3) is 4.14. The van der Waals surface area contributed by atoms with Crippen molar-refractivity contribution in [3.8, 4) is 11.3 Å². The van der Waals surface area contributed by atoms with E-state index in [2.05, 4.69) is 29.1 Å². The van der Waals surface area contributed by atoms with Gasteiger partial charge in [0.25, 0.3) is 5.91 Å². The van der Waals surface area contributed by atoms with Crippen LogP contribution in [-0.4, -0.2) is 38.2 Å². The molecule has 5 heteroatoms. The van der Waals surface area contributed by atoms with Crippen LogP contribution in [-0.2, 0) is 6.54 Å². The van der Waals surface area contributed by atoms with Crippen LogP contribution in [0.2, 0.25) is 0 Å². The van der Waals surface area contributed by atoms with Gasteiger partial charge in [-0.15, -0.1) is 0 Å². The SMILES string of the molecule is Cc1cccc(-c2ccc(C(=O)N3CCCC[C@@H]3CCn3cccn3)cn2)c1. The lowest BCUT2D eigenvalue weighted by atomic mass is 9.98. The summed E-state index contributed by atoms with van der Waals surface area (Å²) in [6.45, 7) is 3.73. The standard InChI is InChI=1S/C23H26N4O/c1-18-6-4-7-19(16-18)22-10-9-20(17-24-22)23(28)27-14-3-2-8-21(27)11-15-26-13-5-12-25-26/h4-7,9-10,12-13,16-17,21H,2-3,8,11,14-15H2,1H3/t21-/m1/s1. The predicted octanol–water partition coefficient (Wildman–Crippen LogP) is 4.34. The molecule has 5 nitrogen and oxygen atoms in total. The van der Waals surface area contributed by atoms with Crippen LogP contribution in [0, 0.1) is 6.92 Å². The van der Waals surface area contributed by atoms with Gasteiger partial charge in [0, 0.05) is 43.3 Å². The van der Waals surface area contributed by atoms with Gasteiger partial charge in [0.05, 0.1) is 11.3 Å². The minimum absolute atomic E-state index is 0.0912. The van der Waals surface area contributed by atoms with Crippen LogP contribution in [0.4, 0.5) is 0 Å². The van der Waals surface area contributed by atoms with E-state index in [4.69, 9.17) is 0 Å². The summed E-state index contributed by atoms with van der Waals surface area (Å²) in [6.07, 6.45) is 9.73. The third-order valence-corrected chi connectivity index (χ3v) is 5.46. The van der Waals surface area contributed by atoms with E-state index in [1.165, 1.54) is 12.0 Å². The first-order valence-electron chi connectivity index (χ1n) is 10.0. The summed E-state index contributed by atoms with van der Waals surface area (Å²) in [6, 6.07) is 14.3. The van der Waals surface area contributed by atoms with E-state index in [0.29, 0.717) is 5.56 Å². The van der Waals surface area contributed by atoms with Gasteiger partial charge in [0.15, 0.2) is 0 Å². The zero-order chi connectivity index (χ0) is 19.3. The number of likely N-dealkylation sites (tertiary alicyclic amines) is 1. The van der Waals surface area contributed by atoms with Crippen LogP contribution < -0.4 is 0 Å². The van der Waals surface area contributed by atoms with E-state index in [-0.39, 0.29) is 11.9 Å². The van der Waals surface area contributed by atoms with Gasteiger partial charge in [-0.3, -0.25) is 14.5 Å². The lowest BCUT2D eigenvalue weighted by molar-refractivity contribution is 0.0593. The van der Waals surface area contributed by atoms with Gasteiger partial charge in [-0.25, -0.2) is 0 Å². The van der Waals surface area contributed by atoms with Gasteiger partial charge < -0.3 is 4.90 Å². The van der Waals surface area contributed by atoms with Gasteiger partial charge in [-0.05, 0) is 56.9 Å². The molecular formula is C23H26N4O. The number of hydrogen-bond donors (Lipinski definition) is 0. The topological polar surface area (TPSA) is 51.0 Å². The van der Waals surface area contributed by atoms with Gasteiger partial charge in [-0.1, -0.05) is 23.8 Å². The minimum Gasteiger partial charge on any atom is -0.336 e. The highest BCUT2D eigenvalue weighted by Crippen LogP contribution is 2.24. The Bertz CT molecular complexity index is 918. The quantitative estimate of drug-likeness (QED) is 0.668. The molecule has 0 aliphatic carbocycles. The molecule has 2 aromatic heterocycles. The van der Waals surface area contributed by atoms with Crippen LogP contribution in [0.25, 0.3) is 11.3 Å². The Hall–Kier alpha value is -2.95. The van der Waals surface area contributed by atoms with Crippen molar-refractivity contribution in [3.05, 3.63) is 72.2 Å². The Morgan fingerprint density at radius 1 is 1.18 bits per heavy atom. The monoisotopic (exact) mass is 374 g/mol. The zero-order valence-corrected chi connectivity index (χ0v) is 16.3. The molecule has 3 aromatic rings. The van der Waals surface area contributed by atoms with Gasteiger partial charge in [-0.2, -0.15) is 5.10 Å². The number of carbonyl (C=O) groups excluding carboxylic acids is 1. The summed E-state index contributed by atoms with van der Waals surface area (Å²) in [5.74, 6) is 0.0912. The molecular weight excluding hydrogens is 348 g/mol. The summed E-state index contributed by atoms with van der Waals surface area (Å²) in [5.41, 5.74) is 3.85. The molecule has 4 rings (SSSR count). The Labute approximate surface area is 166 Å². The normalized spacial score (nSPS) is 16.9. The van der Waals surface area contributed by atoms with Crippen LogP contribution in [0.5, 0.6) is 0 Å². The van der Waals surface area contributed by atoms with Crippen molar-refractivity contribution in [2.45, 2.75) is 45.2 Å². The van der Waals surface area contributed by atoms with E-state index in [0.717, 1.165) is 43.6 Å². The molecule has 1 aliphatic rings. The maximum Gasteiger partial charge on any atom is 0.255 e. The highest BCUT2D eigenvalue weighted by Gasteiger charge is 2.27. The lowest BCUT2D eigenvalue weighted by Crippen LogP contribution is -2.44. The second-order valence-electron chi connectivity index (χ2n) is 7.51. The van der Waals surface area contributed by atoms with Crippen molar-refractivity contribution >= 4 is 5.91 Å². The van der Waals surface area contributed by atoms with Crippen molar-refractivity contribution in [3.63, 3.8) is 0 Å². The average Bonchev–Trinajstić information content (AvgIpc) is 3.26. The molecule has 1 amide bonds. The van der Waals surface area contributed by atoms with E-state index >= 15 is 0 Å². The molecule has 0 saturated carbocycles. The molecule has 1 atom stereocenters. The fourth-order valence-corrected chi connectivity index (χ4v) is 3.94. The summed E-state index contributed by atoms with van der Waals surface area (Å²) in [4.78, 5) is 19.7. The van der Waals surface area contributed by atoms with Crippen molar-refractivity contribution in [1.82, 2.24) is 19.7 Å².